The molecule has 162 valence electrons. The summed E-state index contributed by atoms with van der Waals surface area (Å²) in [6.45, 7) is 5.69. The number of carbonyl (C=O) groups excluding carboxylic acids is 1. The van der Waals surface area contributed by atoms with Crippen LogP contribution in [0.5, 0.6) is 5.88 Å². The molecule has 1 atom stereocenters. The Balaban J connectivity index is 1.80. The van der Waals surface area contributed by atoms with Crippen molar-refractivity contribution in [2.24, 2.45) is 0 Å². The van der Waals surface area contributed by atoms with Crippen molar-refractivity contribution in [3.63, 3.8) is 0 Å². The van der Waals surface area contributed by atoms with Gasteiger partial charge in [0.05, 0.1) is 16.8 Å². The molecule has 4 rings (SSSR count). The predicted octanol–water partition coefficient (Wildman–Crippen LogP) is 5.81. The molecule has 0 fully saturated rings. The number of esters is 1. The van der Waals surface area contributed by atoms with E-state index in [0.29, 0.717) is 22.6 Å². The lowest BCUT2D eigenvalue weighted by atomic mass is 10.1. The molecule has 0 spiro atoms. The lowest BCUT2D eigenvalue weighted by Gasteiger charge is -2.20. The number of benzene rings is 1. The lowest BCUT2D eigenvalue weighted by Crippen LogP contribution is -2.22. The number of anilines is 1. The normalized spacial score (nSPS) is 11.7. The van der Waals surface area contributed by atoms with Crippen molar-refractivity contribution in [1.82, 2.24) is 4.98 Å². The number of nitrogen functional groups attached to an aromatic ring is 1. The maximum atomic E-state index is 12.8. The maximum Gasteiger partial charge on any atom is 0.352 e. The minimum absolute atomic E-state index is 0.0700. The summed E-state index contributed by atoms with van der Waals surface area (Å²) in [6.07, 6.45) is 2.03. The fourth-order valence-corrected chi connectivity index (χ4v) is 3.99. The van der Waals surface area contributed by atoms with E-state index >= 15 is 0 Å². The van der Waals surface area contributed by atoms with Gasteiger partial charge >= 0.3 is 5.97 Å². The summed E-state index contributed by atoms with van der Waals surface area (Å²) in [5, 5.41) is 0. The molecule has 3 heterocycles. The van der Waals surface area contributed by atoms with Crippen molar-refractivity contribution >= 4 is 23.0 Å². The Kier molecular flexibility index (Phi) is 6.37. The fraction of sp³-hybridized carbons (Fsp3) is 0.120. The van der Waals surface area contributed by atoms with E-state index in [1.807, 2.05) is 49.4 Å². The van der Waals surface area contributed by atoms with Gasteiger partial charge in [-0.05, 0) is 37.3 Å². The molecule has 2 N–H and O–H groups in total. The number of furan rings is 1. The van der Waals surface area contributed by atoms with Crippen molar-refractivity contribution < 1.29 is 18.7 Å². The average Bonchev–Trinajstić information content (AvgIpc) is 3.49. The van der Waals surface area contributed by atoms with Crippen LogP contribution in [0.25, 0.3) is 21.9 Å². The van der Waals surface area contributed by atoms with Crippen molar-refractivity contribution in [2.75, 3.05) is 12.3 Å². The molecule has 0 aliphatic heterocycles. The number of aryl methyl sites for hydroxylation is 1. The van der Waals surface area contributed by atoms with Gasteiger partial charge in [-0.25, -0.2) is 9.78 Å². The molecule has 0 radical (unpaired) electrons. The Labute approximate surface area is 189 Å². The minimum Gasteiger partial charge on any atom is -0.464 e. The van der Waals surface area contributed by atoms with E-state index in [1.165, 1.54) is 6.08 Å². The van der Waals surface area contributed by atoms with Gasteiger partial charge in [-0.1, -0.05) is 43.0 Å². The number of nitrogens with two attached hydrogens (primary N) is 1. The van der Waals surface area contributed by atoms with E-state index in [-0.39, 0.29) is 18.2 Å². The number of hydrogen-bond acceptors (Lipinski definition) is 7. The SMILES string of the molecule is C=CCOC(=O)C(Oc1nc(-c2ccc(C)s2)cc(-c2ccco2)c1N)c1ccccc1. The molecule has 0 amide bonds. The molecular formula is C25H22N2O4S. The van der Waals surface area contributed by atoms with E-state index in [4.69, 9.17) is 19.6 Å². The van der Waals surface area contributed by atoms with Gasteiger partial charge in [0.25, 0.3) is 0 Å². The van der Waals surface area contributed by atoms with Gasteiger partial charge in [0.1, 0.15) is 18.1 Å². The first-order chi connectivity index (χ1) is 15.6. The Morgan fingerprint density at radius 2 is 2.03 bits per heavy atom. The Bertz CT molecular complexity index is 1220. The number of nitrogens with zero attached hydrogens (tertiary/aromatic N) is 1. The quantitative estimate of drug-likeness (QED) is 0.271. The number of hydrogen-bond donors (Lipinski definition) is 1. The monoisotopic (exact) mass is 446 g/mol. The molecule has 4 aromatic rings. The smallest absolute Gasteiger partial charge is 0.352 e. The lowest BCUT2D eigenvalue weighted by molar-refractivity contribution is -0.151. The summed E-state index contributed by atoms with van der Waals surface area (Å²) in [6, 6.07) is 18.5. The summed E-state index contributed by atoms with van der Waals surface area (Å²) in [4.78, 5) is 19.6. The van der Waals surface area contributed by atoms with Gasteiger partial charge in [-0.3, -0.25) is 0 Å². The third-order valence-corrected chi connectivity index (χ3v) is 5.72. The minimum atomic E-state index is -1.05. The van der Waals surface area contributed by atoms with Gasteiger partial charge < -0.3 is 19.6 Å². The zero-order chi connectivity index (χ0) is 22.5. The molecule has 3 aromatic heterocycles. The Morgan fingerprint density at radius 3 is 2.69 bits per heavy atom. The van der Waals surface area contributed by atoms with Crippen LogP contribution in [0.3, 0.4) is 0 Å². The van der Waals surface area contributed by atoms with E-state index in [2.05, 4.69) is 11.6 Å². The largest absolute Gasteiger partial charge is 0.464 e. The molecule has 0 saturated heterocycles. The predicted molar refractivity (Wildman–Crippen MR) is 125 cm³/mol. The topological polar surface area (TPSA) is 87.6 Å². The van der Waals surface area contributed by atoms with Crippen molar-refractivity contribution in [3.05, 3.63) is 90.0 Å². The highest BCUT2D eigenvalue weighted by molar-refractivity contribution is 7.15. The number of carbonyl (C=O) groups is 1. The molecule has 0 bridgehead atoms. The highest BCUT2D eigenvalue weighted by Crippen LogP contribution is 2.39. The number of aromatic nitrogens is 1. The highest BCUT2D eigenvalue weighted by atomic mass is 32.1. The van der Waals surface area contributed by atoms with Crippen LogP contribution in [-0.2, 0) is 9.53 Å². The van der Waals surface area contributed by atoms with Crippen molar-refractivity contribution in [1.29, 1.82) is 0 Å². The summed E-state index contributed by atoms with van der Waals surface area (Å²) in [5.41, 5.74) is 8.64. The molecule has 32 heavy (non-hydrogen) atoms. The molecule has 1 aromatic carbocycles. The van der Waals surface area contributed by atoms with Crippen LogP contribution in [-0.4, -0.2) is 17.6 Å². The summed E-state index contributed by atoms with van der Waals surface area (Å²) < 4.78 is 17.0. The van der Waals surface area contributed by atoms with Crippen LogP contribution in [0, 0.1) is 6.92 Å². The van der Waals surface area contributed by atoms with Crippen LogP contribution < -0.4 is 10.5 Å². The van der Waals surface area contributed by atoms with E-state index in [9.17, 15) is 4.79 Å². The number of thiophene rings is 1. The zero-order valence-electron chi connectivity index (χ0n) is 17.5. The first-order valence-corrected chi connectivity index (χ1v) is 10.8. The molecule has 0 aliphatic rings. The zero-order valence-corrected chi connectivity index (χ0v) is 18.3. The summed E-state index contributed by atoms with van der Waals surface area (Å²) in [5.74, 6) is 0.147. The molecule has 6 nitrogen and oxygen atoms in total. The van der Waals surface area contributed by atoms with Crippen LogP contribution in [0.15, 0.2) is 84.0 Å². The number of ether oxygens (including phenoxy) is 2. The molecule has 7 heteroatoms. The Morgan fingerprint density at radius 1 is 1.22 bits per heavy atom. The fourth-order valence-electron chi connectivity index (χ4n) is 3.16. The van der Waals surface area contributed by atoms with Gasteiger partial charge in [-0.15, -0.1) is 11.3 Å². The van der Waals surface area contributed by atoms with Gasteiger partial charge in [0.15, 0.2) is 0 Å². The third-order valence-electron chi connectivity index (χ3n) is 4.69. The Hall–Kier alpha value is -3.84. The van der Waals surface area contributed by atoms with Crippen LogP contribution in [0.4, 0.5) is 5.69 Å². The molecule has 0 aliphatic carbocycles. The number of rotatable bonds is 8. The summed E-state index contributed by atoms with van der Waals surface area (Å²) in [7, 11) is 0. The van der Waals surface area contributed by atoms with Gasteiger partial charge in [0, 0.05) is 16.0 Å². The van der Waals surface area contributed by atoms with Gasteiger partial charge in [-0.2, -0.15) is 0 Å². The number of pyridine rings is 1. The second kappa shape index (κ2) is 9.53. The van der Waals surface area contributed by atoms with Crippen molar-refractivity contribution in [3.8, 4) is 27.8 Å². The molecule has 0 saturated carbocycles. The molecule has 1 unspecified atom stereocenters. The van der Waals surface area contributed by atoms with Crippen LogP contribution in [0.1, 0.15) is 16.5 Å². The highest BCUT2D eigenvalue weighted by Gasteiger charge is 2.27. The standard InChI is InChI=1S/C25H22N2O4S/c1-3-13-30-25(28)23(17-8-5-4-6-9-17)31-24-22(26)18(20-10-7-14-29-20)15-19(27-24)21-12-11-16(2)32-21/h3-12,14-15,23H,1,13,26H2,2H3. The van der Waals surface area contributed by atoms with Gasteiger partial charge in [0.2, 0.25) is 12.0 Å². The second-order valence-corrected chi connectivity index (χ2v) is 8.28. The average molecular weight is 447 g/mol. The van der Waals surface area contributed by atoms with Crippen molar-refractivity contribution in [2.45, 2.75) is 13.0 Å². The second-order valence-electron chi connectivity index (χ2n) is 6.99. The van der Waals surface area contributed by atoms with E-state index in [1.54, 1.807) is 35.8 Å². The van der Waals surface area contributed by atoms with Crippen LogP contribution in [0.2, 0.25) is 0 Å². The summed E-state index contributed by atoms with van der Waals surface area (Å²) >= 11 is 1.60. The van der Waals surface area contributed by atoms with E-state index in [0.717, 1.165) is 9.75 Å². The first-order valence-electron chi connectivity index (χ1n) is 9.97. The third kappa shape index (κ3) is 4.58. The van der Waals surface area contributed by atoms with Crippen LogP contribution >= 0.6 is 11.3 Å². The maximum absolute atomic E-state index is 12.8. The molecular weight excluding hydrogens is 424 g/mol. The first kappa shape index (κ1) is 21.4. The van der Waals surface area contributed by atoms with E-state index < -0.39 is 12.1 Å².